The van der Waals surface area contributed by atoms with Crippen molar-refractivity contribution >= 4 is 17.3 Å². The van der Waals surface area contributed by atoms with Crippen molar-refractivity contribution in [1.29, 1.82) is 0 Å². The molecule has 29 heavy (non-hydrogen) atoms. The summed E-state index contributed by atoms with van der Waals surface area (Å²) >= 11 is 0. The quantitative estimate of drug-likeness (QED) is 0.529. The molecule has 0 atom stereocenters. The van der Waals surface area contributed by atoms with E-state index in [2.05, 4.69) is 10.4 Å². The number of aryl methyl sites for hydroxylation is 3. The standard InChI is InChI=1S/C21H20N4O4/c1-13-4-5-14(2)17(10-13)18-8-9-21(27)24(23-18)12-20(26)22-19-11-16(25(28)29)7-6-15(19)3/h4-11H,12H2,1-3H3,(H,22,26). The van der Waals surface area contributed by atoms with Gasteiger partial charge in [0.2, 0.25) is 5.91 Å². The number of non-ortho nitro benzene ring substituents is 1. The molecule has 2 aromatic carbocycles. The van der Waals surface area contributed by atoms with Gasteiger partial charge in [-0.3, -0.25) is 19.7 Å². The number of hydrogen-bond donors (Lipinski definition) is 1. The largest absolute Gasteiger partial charge is 0.324 e. The van der Waals surface area contributed by atoms with E-state index in [0.717, 1.165) is 21.4 Å². The Labute approximate surface area is 167 Å². The normalized spacial score (nSPS) is 10.6. The molecule has 1 heterocycles. The van der Waals surface area contributed by atoms with Gasteiger partial charge in [0.1, 0.15) is 6.54 Å². The number of amides is 1. The molecular formula is C21H20N4O4. The second-order valence-corrected chi connectivity index (χ2v) is 6.84. The number of carbonyl (C=O) groups is 1. The Morgan fingerprint density at radius 1 is 1.07 bits per heavy atom. The Morgan fingerprint density at radius 2 is 1.79 bits per heavy atom. The summed E-state index contributed by atoms with van der Waals surface area (Å²) in [4.78, 5) is 35.1. The molecule has 8 heteroatoms. The average molecular weight is 392 g/mol. The third-order valence-electron chi connectivity index (χ3n) is 4.54. The van der Waals surface area contributed by atoms with E-state index in [1.165, 1.54) is 18.2 Å². The molecule has 3 rings (SSSR count). The number of nitrogens with zero attached hydrogens (tertiary/aromatic N) is 3. The van der Waals surface area contributed by atoms with Crippen molar-refractivity contribution in [2.75, 3.05) is 5.32 Å². The molecule has 0 unspecified atom stereocenters. The Kier molecular flexibility index (Phi) is 5.54. The van der Waals surface area contributed by atoms with Gasteiger partial charge in [0.25, 0.3) is 11.2 Å². The minimum Gasteiger partial charge on any atom is -0.324 e. The van der Waals surface area contributed by atoms with Crippen molar-refractivity contribution < 1.29 is 9.72 Å². The van der Waals surface area contributed by atoms with Crippen LogP contribution in [0.1, 0.15) is 16.7 Å². The van der Waals surface area contributed by atoms with Crippen LogP contribution in [-0.2, 0) is 11.3 Å². The van der Waals surface area contributed by atoms with E-state index in [9.17, 15) is 19.7 Å². The number of nitro benzene ring substituents is 1. The van der Waals surface area contributed by atoms with Crippen molar-refractivity contribution in [3.63, 3.8) is 0 Å². The number of aromatic nitrogens is 2. The topological polar surface area (TPSA) is 107 Å². The molecule has 0 fully saturated rings. The molecule has 1 aromatic heterocycles. The van der Waals surface area contributed by atoms with Crippen LogP contribution in [0.25, 0.3) is 11.3 Å². The molecule has 0 aliphatic rings. The maximum Gasteiger partial charge on any atom is 0.271 e. The van der Waals surface area contributed by atoms with E-state index >= 15 is 0 Å². The van der Waals surface area contributed by atoms with Gasteiger partial charge in [-0.2, -0.15) is 5.10 Å². The lowest BCUT2D eigenvalue weighted by Crippen LogP contribution is -2.29. The van der Waals surface area contributed by atoms with Gasteiger partial charge in [-0.1, -0.05) is 23.8 Å². The van der Waals surface area contributed by atoms with Gasteiger partial charge < -0.3 is 5.32 Å². The molecule has 0 saturated carbocycles. The van der Waals surface area contributed by atoms with E-state index in [1.807, 2.05) is 32.0 Å². The number of nitrogens with one attached hydrogen (secondary N) is 1. The molecule has 1 N–H and O–H groups in total. The van der Waals surface area contributed by atoms with Crippen LogP contribution in [-0.4, -0.2) is 20.6 Å². The molecule has 0 radical (unpaired) electrons. The highest BCUT2D eigenvalue weighted by atomic mass is 16.6. The summed E-state index contributed by atoms with van der Waals surface area (Å²) in [6, 6.07) is 13.1. The predicted octanol–water partition coefficient (Wildman–Crippen LogP) is 3.38. The highest BCUT2D eigenvalue weighted by Crippen LogP contribution is 2.23. The molecule has 8 nitrogen and oxygen atoms in total. The molecule has 0 saturated heterocycles. The summed E-state index contributed by atoms with van der Waals surface area (Å²) in [5.41, 5.74) is 3.99. The van der Waals surface area contributed by atoms with Crippen LogP contribution in [0.5, 0.6) is 0 Å². The lowest BCUT2D eigenvalue weighted by atomic mass is 10.0. The molecular weight excluding hydrogens is 372 g/mol. The molecule has 0 aliphatic heterocycles. The molecule has 148 valence electrons. The molecule has 0 bridgehead atoms. The van der Waals surface area contributed by atoms with Crippen LogP contribution >= 0.6 is 0 Å². The van der Waals surface area contributed by atoms with Gasteiger partial charge in [0, 0.05) is 23.8 Å². The van der Waals surface area contributed by atoms with Gasteiger partial charge in [0.05, 0.1) is 16.3 Å². The summed E-state index contributed by atoms with van der Waals surface area (Å²) in [7, 11) is 0. The van der Waals surface area contributed by atoms with Crippen molar-refractivity contribution in [1.82, 2.24) is 9.78 Å². The zero-order valence-electron chi connectivity index (χ0n) is 16.3. The molecule has 3 aromatic rings. The number of carbonyl (C=O) groups excluding carboxylic acids is 1. The number of benzene rings is 2. The monoisotopic (exact) mass is 392 g/mol. The maximum absolute atomic E-state index is 12.5. The zero-order chi connectivity index (χ0) is 21.1. The number of rotatable bonds is 5. The average Bonchev–Trinajstić information content (AvgIpc) is 2.67. The molecule has 0 aliphatic carbocycles. The third-order valence-corrected chi connectivity index (χ3v) is 4.54. The van der Waals surface area contributed by atoms with Gasteiger partial charge in [-0.15, -0.1) is 0 Å². The first-order chi connectivity index (χ1) is 13.7. The third kappa shape index (κ3) is 4.55. The van der Waals surface area contributed by atoms with Crippen LogP contribution in [0.2, 0.25) is 0 Å². The maximum atomic E-state index is 12.5. The zero-order valence-corrected chi connectivity index (χ0v) is 16.3. The minimum absolute atomic E-state index is 0.127. The summed E-state index contributed by atoms with van der Waals surface area (Å²) in [5, 5.41) is 17.9. The smallest absolute Gasteiger partial charge is 0.271 e. The van der Waals surface area contributed by atoms with Gasteiger partial charge in [-0.05, 0) is 44.0 Å². The Hall–Kier alpha value is -3.81. The van der Waals surface area contributed by atoms with Crippen LogP contribution in [0.3, 0.4) is 0 Å². The van der Waals surface area contributed by atoms with Gasteiger partial charge >= 0.3 is 0 Å². The van der Waals surface area contributed by atoms with Crippen LogP contribution in [0.4, 0.5) is 11.4 Å². The summed E-state index contributed by atoms with van der Waals surface area (Å²) in [6.45, 7) is 5.34. The van der Waals surface area contributed by atoms with Crippen molar-refractivity contribution in [2.24, 2.45) is 0 Å². The van der Waals surface area contributed by atoms with E-state index in [1.54, 1.807) is 19.1 Å². The summed E-state index contributed by atoms with van der Waals surface area (Å²) in [6.07, 6.45) is 0. The Balaban J connectivity index is 1.86. The summed E-state index contributed by atoms with van der Waals surface area (Å²) < 4.78 is 1.08. The number of hydrogen-bond acceptors (Lipinski definition) is 5. The van der Waals surface area contributed by atoms with Crippen molar-refractivity contribution in [3.8, 4) is 11.3 Å². The summed E-state index contributed by atoms with van der Waals surface area (Å²) in [5.74, 6) is -0.499. The highest BCUT2D eigenvalue weighted by Gasteiger charge is 2.13. The van der Waals surface area contributed by atoms with Gasteiger partial charge in [0.15, 0.2) is 0 Å². The first kappa shape index (κ1) is 19.9. The predicted molar refractivity (Wildman–Crippen MR) is 110 cm³/mol. The first-order valence-electron chi connectivity index (χ1n) is 8.95. The van der Waals surface area contributed by atoms with Crippen molar-refractivity contribution in [3.05, 3.63) is 85.7 Å². The van der Waals surface area contributed by atoms with Crippen molar-refractivity contribution in [2.45, 2.75) is 27.3 Å². The minimum atomic E-state index is -0.533. The Bertz CT molecular complexity index is 1170. The van der Waals surface area contributed by atoms with Gasteiger partial charge in [-0.25, -0.2) is 4.68 Å². The fraction of sp³-hybridized carbons (Fsp3) is 0.190. The number of nitro groups is 1. The lowest BCUT2D eigenvalue weighted by molar-refractivity contribution is -0.384. The second-order valence-electron chi connectivity index (χ2n) is 6.84. The first-order valence-corrected chi connectivity index (χ1v) is 8.95. The SMILES string of the molecule is Cc1ccc(C)c(-c2ccc(=O)n(CC(=O)Nc3cc([N+](=O)[O-])ccc3C)n2)c1. The van der Waals surface area contributed by atoms with Crippen LogP contribution in [0, 0.1) is 30.9 Å². The lowest BCUT2D eigenvalue weighted by Gasteiger charge is -2.11. The fourth-order valence-electron chi connectivity index (χ4n) is 2.90. The fourth-order valence-corrected chi connectivity index (χ4v) is 2.90. The van der Waals surface area contributed by atoms with Crippen LogP contribution < -0.4 is 10.9 Å². The van der Waals surface area contributed by atoms with E-state index < -0.39 is 16.4 Å². The molecule has 1 amide bonds. The molecule has 0 spiro atoms. The number of anilines is 1. The van der Waals surface area contributed by atoms with Crippen LogP contribution in [0.15, 0.2) is 53.3 Å². The van der Waals surface area contributed by atoms with E-state index in [0.29, 0.717) is 16.9 Å². The second kappa shape index (κ2) is 8.05. The van der Waals surface area contributed by atoms with E-state index in [4.69, 9.17) is 0 Å². The van der Waals surface area contributed by atoms with E-state index in [-0.39, 0.29) is 12.2 Å². The Morgan fingerprint density at radius 3 is 2.52 bits per heavy atom. The highest BCUT2D eigenvalue weighted by molar-refractivity contribution is 5.91.